The maximum atomic E-state index is 12.2. The van der Waals surface area contributed by atoms with Gasteiger partial charge in [-0.2, -0.15) is 13.2 Å². The fourth-order valence-electron chi connectivity index (χ4n) is 4.64. The van der Waals surface area contributed by atoms with Gasteiger partial charge in [0.15, 0.2) is 0 Å². The molecule has 0 aliphatic heterocycles. The molecule has 5 heteroatoms. The standard InChI is InChI=1S/C12H19F3N2/c13-12(14,15)4-3-8(17-16)11-9-6-1-2-7(5-6)10(9)11/h6-11,17H,1-5,16H2. The third-order valence-electron chi connectivity index (χ3n) is 5.21. The highest BCUT2D eigenvalue weighted by molar-refractivity contribution is 5.15. The molecule has 0 aromatic rings. The molecule has 0 spiro atoms. The summed E-state index contributed by atoms with van der Waals surface area (Å²) in [6.07, 6.45) is -0.734. The van der Waals surface area contributed by atoms with Crippen molar-refractivity contribution in [3.63, 3.8) is 0 Å². The number of halogens is 3. The van der Waals surface area contributed by atoms with E-state index in [9.17, 15) is 13.2 Å². The predicted octanol–water partition coefficient (Wildman–Crippen LogP) is 2.45. The Morgan fingerprint density at radius 1 is 1.18 bits per heavy atom. The first-order valence-electron chi connectivity index (χ1n) is 6.54. The highest BCUT2D eigenvalue weighted by atomic mass is 19.4. The third-order valence-corrected chi connectivity index (χ3v) is 5.21. The molecule has 0 heterocycles. The zero-order chi connectivity index (χ0) is 12.2. The Balaban J connectivity index is 1.57. The van der Waals surface area contributed by atoms with Crippen LogP contribution in [0.4, 0.5) is 13.2 Å². The van der Waals surface area contributed by atoms with Gasteiger partial charge in [-0.25, -0.2) is 0 Å². The maximum Gasteiger partial charge on any atom is 0.389 e. The summed E-state index contributed by atoms with van der Waals surface area (Å²) in [5.74, 6) is 8.81. The molecule has 3 saturated carbocycles. The zero-order valence-corrected chi connectivity index (χ0v) is 9.71. The van der Waals surface area contributed by atoms with Gasteiger partial charge in [0.05, 0.1) is 0 Å². The lowest BCUT2D eigenvalue weighted by atomic mass is 9.95. The lowest BCUT2D eigenvalue weighted by Crippen LogP contribution is -2.39. The van der Waals surface area contributed by atoms with E-state index in [0.29, 0.717) is 17.8 Å². The number of hydrogen-bond donors (Lipinski definition) is 2. The second-order valence-electron chi connectivity index (χ2n) is 5.99. The third kappa shape index (κ3) is 1.97. The van der Waals surface area contributed by atoms with Crippen LogP contribution in [0.5, 0.6) is 0 Å². The van der Waals surface area contributed by atoms with Crippen molar-refractivity contribution in [1.29, 1.82) is 0 Å². The Bertz CT molecular complexity index is 289. The van der Waals surface area contributed by atoms with Gasteiger partial charge in [-0.1, -0.05) is 0 Å². The summed E-state index contributed by atoms with van der Waals surface area (Å²) in [7, 11) is 0. The molecular formula is C12H19F3N2. The van der Waals surface area contributed by atoms with Crippen molar-refractivity contribution in [3.8, 4) is 0 Å². The van der Waals surface area contributed by atoms with Gasteiger partial charge in [0, 0.05) is 12.5 Å². The van der Waals surface area contributed by atoms with Crippen molar-refractivity contribution >= 4 is 0 Å². The van der Waals surface area contributed by atoms with Crippen LogP contribution in [0, 0.1) is 29.6 Å². The Morgan fingerprint density at radius 2 is 1.76 bits per heavy atom. The van der Waals surface area contributed by atoms with Gasteiger partial charge in [-0.05, 0) is 55.3 Å². The first-order chi connectivity index (χ1) is 8.01. The molecule has 3 rings (SSSR count). The van der Waals surface area contributed by atoms with E-state index >= 15 is 0 Å². The Hall–Kier alpha value is -0.290. The summed E-state index contributed by atoms with van der Waals surface area (Å²) in [6.45, 7) is 0. The van der Waals surface area contributed by atoms with E-state index in [1.54, 1.807) is 0 Å². The van der Waals surface area contributed by atoms with Gasteiger partial charge >= 0.3 is 6.18 Å². The molecule has 0 aromatic carbocycles. The molecule has 0 amide bonds. The van der Waals surface area contributed by atoms with Crippen LogP contribution in [0.1, 0.15) is 32.1 Å². The smallest absolute Gasteiger partial charge is 0.271 e. The molecule has 5 unspecified atom stereocenters. The largest absolute Gasteiger partial charge is 0.389 e. The minimum Gasteiger partial charge on any atom is -0.271 e. The molecule has 17 heavy (non-hydrogen) atoms. The normalized spacial score (nSPS) is 44.8. The number of fused-ring (bicyclic) bond motifs is 5. The van der Waals surface area contributed by atoms with Gasteiger partial charge in [-0.15, -0.1) is 0 Å². The average molecular weight is 248 g/mol. The van der Waals surface area contributed by atoms with Crippen LogP contribution in [-0.2, 0) is 0 Å². The molecular weight excluding hydrogens is 229 g/mol. The fourth-order valence-corrected chi connectivity index (χ4v) is 4.64. The fraction of sp³-hybridized carbons (Fsp3) is 1.00. The zero-order valence-electron chi connectivity index (χ0n) is 9.71. The van der Waals surface area contributed by atoms with E-state index in [1.807, 2.05) is 0 Å². The highest BCUT2D eigenvalue weighted by Crippen LogP contribution is 2.70. The van der Waals surface area contributed by atoms with Crippen LogP contribution in [0.15, 0.2) is 0 Å². The van der Waals surface area contributed by atoms with E-state index in [4.69, 9.17) is 5.84 Å². The topological polar surface area (TPSA) is 38.0 Å². The number of hydrogen-bond acceptors (Lipinski definition) is 2. The van der Waals surface area contributed by atoms with Gasteiger partial charge in [0.25, 0.3) is 0 Å². The molecule has 0 saturated heterocycles. The first kappa shape index (κ1) is 11.8. The molecule has 3 fully saturated rings. The molecule has 3 aliphatic carbocycles. The SMILES string of the molecule is NNC(CCC(F)(F)F)C1C2C3CCC(C3)C21. The van der Waals surface area contributed by atoms with Crippen molar-refractivity contribution in [2.75, 3.05) is 0 Å². The second kappa shape index (κ2) is 3.85. The quantitative estimate of drug-likeness (QED) is 0.592. The Labute approximate surface area is 99.1 Å². The highest BCUT2D eigenvalue weighted by Gasteiger charge is 2.66. The predicted molar refractivity (Wildman–Crippen MR) is 57.7 cm³/mol. The molecule has 98 valence electrons. The minimum atomic E-state index is -4.06. The Morgan fingerprint density at radius 3 is 2.24 bits per heavy atom. The molecule has 2 nitrogen and oxygen atoms in total. The second-order valence-corrected chi connectivity index (χ2v) is 5.99. The van der Waals surface area contributed by atoms with E-state index in [1.165, 1.54) is 19.3 Å². The summed E-state index contributed by atoms with van der Waals surface area (Å²) in [5.41, 5.74) is 2.63. The first-order valence-corrected chi connectivity index (χ1v) is 6.54. The van der Waals surface area contributed by atoms with Crippen molar-refractivity contribution in [3.05, 3.63) is 0 Å². The van der Waals surface area contributed by atoms with Crippen molar-refractivity contribution in [2.45, 2.75) is 44.3 Å². The average Bonchev–Trinajstić information content (AvgIpc) is 2.68. The van der Waals surface area contributed by atoms with Gasteiger partial charge in [-0.3, -0.25) is 11.3 Å². The molecule has 3 aliphatic rings. The summed E-state index contributed by atoms with van der Waals surface area (Å²) in [5, 5.41) is 0. The van der Waals surface area contributed by atoms with E-state index in [2.05, 4.69) is 5.43 Å². The minimum absolute atomic E-state index is 0.130. The molecule has 0 radical (unpaired) electrons. The number of nitrogens with two attached hydrogens (primary N) is 1. The van der Waals surface area contributed by atoms with Crippen LogP contribution in [-0.4, -0.2) is 12.2 Å². The summed E-state index contributed by atoms with van der Waals surface area (Å²) >= 11 is 0. The van der Waals surface area contributed by atoms with Gasteiger partial charge in [0.1, 0.15) is 0 Å². The molecule has 5 atom stereocenters. The number of hydrazine groups is 1. The van der Waals surface area contributed by atoms with Crippen LogP contribution in [0.2, 0.25) is 0 Å². The van der Waals surface area contributed by atoms with Crippen molar-refractivity contribution in [2.24, 2.45) is 35.4 Å². The molecule has 3 N–H and O–H groups in total. The van der Waals surface area contributed by atoms with Crippen molar-refractivity contribution < 1.29 is 13.2 Å². The lowest BCUT2D eigenvalue weighted by Gasteiger charge is -2.20. The number of nitrogens with one attached hydrogen (secondary N) is 1. The van der Waals surface area contributed by atoms with Crippen LogP contribution < -0.4 is 11.3 Å². The van der Waals surface area contributed by atoms with Crippen LogP contribution in [0.25, 0.3) is 0 Å². The number of alkyl halides is 3. The summed E-state index contributed by atoms with van der Waals surface area (Å²) in [6, 6.07) is -0.130. The number of rotatable bonds is 4. The lowest BCUT2D eigenvalue weighted by molar-refractivity contribution is -0.137. The van der Waals surface area contributed by atoms with Gasteiger partial charge < -0.3 is 0 Å². The molecule has 2 bridgehead atoms. The molecule has 0 aromatic heterocycles. The monoisotopic (exact) mass is 248 g/mol. The van der Waals surface area contributed by atoms with Gasteiger partial charge in [0.2, 0.25) is 0 Å². The van der Waals surface area contributed by atoms with E-state index < -0.39 is 12.6 Å². The summed E-state index contributed by atoms with van der Waals surface area (Å²) < 4.78 is 36.7. The van der Waals surface area contributed by atoms with Crippen LogP contribution in [0.3, 0.4) is 0 Å². The van der Waals surface area contributed by atoms with E-state index in [0.717, 1.165) is 11.8 Å². The van der Waals surface area contributed by atoms with Crippen molar-refractivity contribution in [1.82, 2.24) is 5.43 Å². The van der Waals surface area contributed by atoms with E-state index in [-0.39, 0.29) is 12.5 Å². The Kier molecular flexibility index (Phi) is 2.67. The van der Waals surface area contributed by atoms with Crippen LogP contribution >= 0.6 is 0 Å². The maximum absolute atomic E-state index is 12.2. The summed E-state index contributed by atoms with van der Waals surface area (Å²) in [4.78, 5) is 0.